The molecule has 0 aliphatic heterocycles. The lowest BCUT2D eigenvalue weighted by Crippen LogP contribution is -2.30. The lowest BCUT2D eigenvalue weighted by atomic mass is 9.81. The Labute approximate surface area is 214 Å². The monoisotopic (exact) mass is 509 g/mol. The van der Waals surface area contributed by atoms with Gasteiger partial charge >= 0.3 is 5.97 Å². The van der Waals surface area contributed by atoms with Gasteiger partial charge in [-0.3, -0.25) is 14.4 Å². The quantitative estimate of drug-likeness (QED) is 0.360. The smallest absolute Gasteiger partial charge is 0.307 e. The summed E-state index contributed by atoms with van der Waals surface area (Å²) in [7, 11) is 1.25. The fourth-order valence-electron chi connectivity index (χ4n) is 3.88. The van der Waals surface area contributed by atoms with Crippen LogP contribution in [0.15, 0.2) is 66.7 Å². The first-order valence-electron chi connectivity index (χ1n) is 11.9. The van der Waals surface area contributed by atoms with Crippen LogP contribution in [-0.2, 0) is 20.9 Å². The molecule has 37 heavy (non-hydrogen) atoms. The predicted molar refractivity (Wildman–Crippen MR) is 134 cm³/mol. The summed E-state index contributed by atoms with van der Waals surface area (Å²) >= 11 is 0. The molecule has 1 N–H and O–H groups in total. The van der Waals surface area contributed by atoms with Crippen LogP contribution < -0.4 is 10.1 Å². The summed E-state index contributed by atoms with van der Waals surface area (Å²) in [5.41, 5.74) is 1.43. The molecule has 0 heterocycles. The molecule has 0 aliphatic rings. The van der Waals surface area contributed by atoms with Crippen LogP contribution in [0.5, 0.6) is 5.75 Å². The van der Waals surface area contributed by atoms with E-state index >= 15 is 0 Å². The highest BCUT2D eigenvalue weighted by atomic mass is 19.2. The van der Waals surface area contributed by atoms with Crippen LogP contribution in [0.4, 0.5) is 8.78 Å². The van der Waals surface area contributed by atoms with Gasteiger partial charge in [-0.15, -0.1) is 0 Å². The van der Waals surface area contributed by atoms with Gasteiger partial charge in [0.05, 0.1) is 25.0 Å². The van der Waals surface area contributed by atoms with E-state index in [4.69, 9.17) is 4.74 Å². The largest absolute Gasteiger partial charge is 0.488 e. The van der Waals surface area contributed by atoms with E-state index in [9.17, 15) is 23.2 Å². The van der Waals surface area contributed by atoms with E-state index in [0.29, 0.717) is 0 Å². The molecular formula is C29H29F2NO5. The molecule has 0 aromatic heterocycles. The first-order chi connectivity index (χ1) is 17.7. The van der Waals surface area contributed by atoms with Gasteiger partial charge < -0.3 is 14.8 Å². The Kier molecular flexibility index (Phi) is 9.49. The maximum absolute atomic E-state index is 14.2. The number of halogens is 2. The van der Waals surface area contributed by atoms with E-state index in [1.807, 2.05) is 30.3 Å². The number of carbonyl (C=O) groups excluding carboxylic acids is 3. The highest BCUT2D eigenvalue weighted by Gasteiger charge is 2.31. The first kappa shape index (κ1) is 27.5. The number of carbonyl (C=O) groups is 3. The Bertz CT molecular complexity index is 1260. The minimum absolute atomic E-state index is 0.00800. The van der Waals surface area contributed by atoms with E-state index in [-0.39, 0.29) is 47.8 Å². The van der Waals surface area contributed by atoms with Gasteiger partial charge in [0.25, 0.3) is 5.91 Å². The molecule has 3 aromatic rings. The number of ketones is 1. The molecule has 0 radical (unpaired) electrons. The van der Waals surface area contributed by atoms with Crippen molar-refractivity contribution >= 4 is 17.7 Å². The molecule has 6 nitrogen and oxygen atoms in total. The van der Waals surface area contributed by atoms with Crippen molar-refractivity contribution in [2.75, 3.05) is 13.7 Å². The molecule has 0 bridgehead atoms. The first-order valence-corrected chi connectivity index (χ1v) is 11.9. The van der Waals surface area contributed by atoms with E-state index in [1.165, 1.54) is 13.2 Å². The number of Topliss-reactive ketones (excluding diaryl/α,β-unsaturated/α-hetero) is 1. The van der Waals surface area contributed by atoms with Crippen LogP contribution >= 0.6 is 0 Å². The molecule has 0 saturated carbocycles. The van der Waals surface area contributed by atoms with Gasteiger partial charge in [-0.05, 0) is 34.9 Å². The molecule has 0 fully saturated rings. The average Bonchev–Trinajstić information content (AvgIpc) is 2.89. The molecular weight excluding hydrogens is 480 g/mol. The van der Waals surface area contributed by atoms with E-state index < -0.39 is 35.3 Å². The zero-order valence-corrected chi connectivity index (χ0v) is 20.9. The lowest BCUT2D eigenvalue weighted by molar-refractivity contribution is -0.140. The van der Waals surface area contributed by atoms with Crippen LogP contribution in [0.2, 0.25) is 0 Å². The Morgan fingerprint density at radius 3 is 2.30 bits per heavy atom. The number of rotatable bonds is 11. The predicted octanol–water partition coefficient (Wildman–Crippen LogP) is 5.19. The molecule has 3 aromatic carbocycles. The van der Waals surface area contributed by atoms with Crippen LogP contribution in [-0.4, -0.2) is 31.3 Å². The minimum atomic E-state index is -1.10. The molecule has 1 amide bonds. The number of methoxy groups -OCH3 is 1. The SMILES string of the molecule is COC(=O)CCNC(=O)c1c(OCc2ccccc2)cccc1C(C(=O)C(C)C)c1ccc(F)c(F)c1. The summed E-state index contributed by atoms with van der Waals surface area (Å²) in [4.78, 5) is 38.4. The Balaban J connectivity index is 2.10. The molecule has 1 atom stereocenters. The molecule has 1 unspecified atom stereocenters. The highest BCUT2D eigenvalue weighted by molar-refractivity contribution is 6.02. The maximum Gasteiger partial charge on any atom is 0.307 e. The number of esters is 1. The number of amides is 1. The van der Waals surface area contributed by atoms with Crippen LogP contribution in [0.25, 0.3) is 0 Å². The van der Waals surface area contributed by atoms with E-state index in [1.54, 1.807) is 32.0 Å². The van der Waals surface area contributed by atoms with Crippen molar-refractivity contribution in [2.45, 2.75) is 32.8 Å². The van der Waals surface area contributed by atoms with Gasteiger partial charge in [0, 0.05) is 12.5 Å². The number of hydrogen-bond acceptors (Lipinski definition) is 5. The standard InChI is InChI=1S/C29H29F2NO5/c1-18(2)28(34)26(20-12-13-22(30)23(31)16-20)21-10-7-11-24(37-17-19-8-5-4-6-9-19)27(21)29(35)32-15-14-25(33)36-3/h4-13,16,18,26H,14-15,17H2,1-3H3,(H,32,35). The number of nitrogens with one attached hydrogen (secondary N) is 1. The number of hydrogen-bond donors (Lipinski definition) is 1. The van der Waals surface area contributed by atoms with E-state index in [0.717, 1.165) is 17.7 Å². The third kappa shape index (κ3) is 7.00. The third-order valence-electron chi connectivity index (χ3n) is 5.81. The Hall–Kier alpha value is -4.07. The van der Waals surface area contributed by atoms with Crippen molar-refractivity contribution in [3.63, 3.8) is 0 Å². The van der Waals surface area contributed by atoms with Gasteiger partial charge in [0.2, 0.25) is 0 Å². The van der Waals surface area contributed by atoms with Gasteiger partial charge in [0.15, 0.2) is 11.6 Å². The fourth-order valence-corrected chi connectivity index (χ4v) is 3.88. The van der Waals surface area contributed by atoms with Crippen molar-refractivity contribution in [1.29, 1.82) is 0 Å². The van der Waals surface area contributed by atoms with Crippen molar-refractivity contribution < 1.29 is 32.6 Å². The molecule has 0 aliphatic carbocycles. The normalized spacial score (nSPS) is 11.6. The van der Waals surface area contributed by atoms with Gasteiger partial charge in [0.1, 0.15) is 18.1 Å². The highest BCUT2D eigenvalue weighted by Crippen LogP contribution is 2.35. The summed E-state index contributed by atoms with van der Waals surface area (Å²) in [6.07, 6.45) is -0.0534. The second-order valence-electron chi connectivity index (χ2n) is 8.74. The number of ether oxygens (including phenoxy) is 2. The zero-order valence-electron chi connectivity index (χ0n) is 20.9. The third-order valence-corrected chi connectivity index (χ3v) is 5.81. The fraction of sp³-hybridized carbons (Fsp3) is 0.276. The summed E-state index contributed by atoms with van der Waals surface area (Å²) in [6.45, 7) is 3.54. The van der Waals surface area contributed by atoms with Gasteiger partial charge in [-0.1, -0.05) is 62.4 Å². The van der Waals surface area contributed by atoms with Crippen molar-refractivity contribution in [3.8, 4) is 5.75 Å². The lowest BCUT2D eigenvalue weighted by Gasteiger charge is -2.23. The van der Waals surface area contributed by atoms with Gasteiger partial charge in [-0.2, -0.15) is 0 Å². The van der Waals surface area contributed by atoms with Crippen molar-refractivity contribution in [3.05, 3.63) is 101 Å². The maximum atomic E-state index is 14.2. The molecule has 8 heteroatoms. The van der Waals surface area contributed by atoms with Crippen LogP contribution in [0, 0.1) is 17.6 Å². The van der Waals surface area contributed by atoms with Crippen molar-refractivity contribution in [1.82, 2.24) is 5.32 Å². The second kappa shape index (κ2) is 12.8. The minimum Gasteiger partial charge on any atom is -0.488 e. The second-order valence-corrected chi connectivity index (χ2v) is 8.74. The molecule has 3 rings (SSSR count). The summed E-state index contributed by atoms with van der Waals surface area (Å²) in [5.74, 6) is -4.81. The molecule has 194 valence electrons. The Morgan fingerprint density at radius 2 is 1.65 bits per heavy atom. The van der Waals surface area contributed by atoms with Crippen molar-refractivity contribution in [2.24, 2.45) is 5.92 Å². The van der Waals surface area contributed by atoms with Crippen LogP contribution in [0.3, 0.4) is 0 Å². The molecule has 0 saturated heterocycles. The van der Waals surface area contributed by atoms with E-state index in [2.05, 4.69) is 10.1 Å². The number of benzene rings is 3. The molecule has 0 spiro atoms. The topological polar surface area (TPSA) is 81.7 Å². The van der Waals surface area contributed by atoms with Crippen LogP contribution in [0.1, 0.15) is 53.2 Å². The summed E-state index contributed by atoms with van der Waals surface area (Å²) < 4.78 is 38.5. The zero-order chi connectivity index (χ0) is 26.9. The average molecular weight is 510 g/mol. The Morgan fingerprint density at radius 1 is 0.919 bits per heavy atom. The summed E-state index contributed by atoms with van der Waals surface area (Å²) in [6, 6.07) is 17.4. The van der Waals surface area contributed by atoms with Gasteiger partial charge in [-0.25, -0.2) is 8.78 Å². The summed E-state index contributed by atoms with van der Waals surface area (Å²) in [5, 5.41) is 2.67.